The summed E-state index contributed by atoms with van der Waals surface area (Å²) < 4.78 is 111. The van der Waals surface area contributed by atoms with Crippen LogP contribution in [0, 0.1) is 0 Å². The monoisotopic (exact) mass is 708 g/mol. The van der Waals surface area contributed by atoms with Gasteiger partial charge in [-0.2, -0.15) is 9.41 Å². The number of carboxylic acid groups (broad SMARTS) is 1. The van der Waals surface area contributed by atoms with Gasteiger partial charge < -0.3 is 30.2 Å². The highest BCUT2D eigenvalue weighted by Crippen LogP contribution is 2.32. The Hall–Kier alpha value is -4.63. The molecule has 0 unspecified atom stereocenters. The molecule has 0 bridgehead atoms. The van der Waals surface area contributed by atoms with Crippen LogP contribution in [0.2, 0.25) is 0 Å². The van der Waals surface area contributed by atoms with E-state index in [0.29, 0.717) is 10.4 Å². The molecule has 47 heavy (non-hydrogen) atoms. The summed E-state index contributed by atoms with van der Waals surface area (Å²) in [6.07, 6.45) is -9.91. The molecule has 1 atom stereocenters. The third-order valence-electron chi connectivity index (χ3n) is 6.74. The molecular weight excluding hydrogens is 686 g/mol. The molecule has 3 aromatic rings. The van der Waals surface area contributed by atoms with Crippen molar-refractivity contribution in [2.24, 2.45) is 5.10 Å². The Morgan fingerprint density at radius 2 is 1.57 bits per heavy atom. The molecule has 1 aromatic heterocycles. The summed E-state index contributed by atoms with van der Waals surface area (Å²) in [7, 11) is -4.49. The van der Waals surface area contributed by atoms with Gasteiger partial charge in [0.25, 0.3) is 0 Å². The first-order valence-corrected chi connectivity index (χ1v) is 15.5. The van der Waals surface area contributed by atoms with E-state index in [1.165, 1.54) is 12.1 Å². The molecule has 2 aliphatic rings. The molecule has 5 rings (SSSR count). The van der Waals surface area contributed by atoms with E-state index in [9.17, 15) is 49.5 Å². The van der Waals surface area contributed by atoms with Gasteiger partial charge in [0.1, 0.15) is 23.2 Å². The fourth-order valence-electron chi connectivity index (χ4n) is 4.68. The van der Waals surface area contributed by atoms with Gasteiger partial charge in [-0.25, -0.2) is 18.2 Å². The van der Waals surface area contributed by atoms with Crippen molar-refractivity contribution >= 4 is 44.1 Å². The summed E-state index contributed by atoms with van der Waals surface area (Å²) in [4.78, 5) is 31.3. The van der Waals surface area contributed by atoms with Crippen LogP contribution >= 0.6 is 11.3 Å². The fraction of sp³-hybridized carbons (Fsp3) is 0.308. The number of amides is 1. The molecule has 252 valence electrons. The number of carbonyl (C=O) groups is 2. The highest BCUT2D eigenvalue weighted by atomic mass is 32.2. The maximum absolute atomic E-state index is 13.7. The van der Waals surface area contributed by atoms with Crippen molar-refractivity contribution in [3.05, 3.63) is 64.7 Å². The Kier molecular flexibility index (Phi) is 9.24. The lowest BCUT2D eigenvalue weighted by molar-refractivity contribution is -0.275. The van der Waals surface area contributed by atoms with E-state index in [1.54, 1.807) is 4.90 Å². The van der Waals surface area contributed by atoms with Crippen LogP contribution in [-0.2, 0) is 32.7 Å². The summed E-state index contributed by atoms with van der Waals surface area (Å²) in [6, 6.07) is 6.60. The minimum absolute atomic E-state index is 0.00167. The number of piperazine rings is 1. The number of benzene rings is 2. The average Bonchev–Trinajstić information content (AvgIpc) is 3.43. The molecule has 21 heteroatoms. The number of halogens is 6. The molecule has 2 aliphatic heterocycles. The minimum Gasteiger partial charge on any atom is -0.476 e. The van der Waals surface area contributed by atoms with Crippen molar-refractivity contribution < 1.29 is 58.9 Å². The first-order valence-electron chi connectivity index (χ1n) is 13.3. The lowest BCUT2D eigenvalue weighted by atomic mass is 10.1. The molecule has 1 saturated heterocycles. The van der Waals surface area contributed by atoms with Gasteiger partial charge in [-0.15, -0.1) is 26.3 Å². The van der Waals surface area contributed by atoms with Gasteiger partial charge in [0, 0.05) is 26.2 Å². The number of hydrogen-bond donors (Lipinski definition) is 3. The van der Waals surface area contributed by atoms with Crippen LogP contribution in [0.15, 0.2) is 58.5 Å². The number of hydrogen-bond acceptors (Lipinski definition) is 11. The van der Waals surface area contributed by atoms with Crippen LogP contribution in [-0.4, -0.2) is 78.8 Å². The Morgan fingerprint density at radius 3 is 2.15 bits per heavy atom. The molecule has 3 N–H and O–H groups in total. The average molecular weight is 709 g/mol. The topological polar surface area (TPSA) is 163 Å². The number of sulfonamides is 1. The number of aromatic nitrogens is 1. The number of nitrogens with one attached hydrogen (secondary N) is 2. The molecule has 0 aliphatic carbocycles. The van der Waals surface area contributed by atoms with E-state index in [0.717, 1.165) is 52.0 Å². The molecule has 0 radical (unpaired) electrons. The number of carbonyl (C=O) groups excluding carboxylic acids is 1. The Morgan fingerprint density at radius 1 is 0.979 bits per heavy atom. The third kappa shape index (κ3) is 8.03. The number of fused-ring (bicyclic) bond motifs is 1. The molecule has 1 amide bonds. The van der Waals surface area contributed by atoms with Crippen LogP contribution < -0.4 is 25.1 Å². The minimum atomic E-state index is -5.01. The Bertz CT molecular complexity index is 1780. The second kappa shape index (κ2) is 12.9. The second-order valence-electron chi connectivity index (χ2n) is 9.88. The van der Waals surface area contributed by atoms with Gasteiger partial charge in [-0.3, -0.25) is 4.79 Å². The van der Waals surface area contributed by atoms with Crippen molar-refractivity contribution in [3.8, 4) is 11.5 Å². The number of aliphatic carboxylic acids is 1. The highest BCUT2D eigenvalue weighted by molar-refractivity contribution is 7.89. The number of anilines is 1. The maximum Gasteiger partial charge on any atom is 0.573 e. The smallest absolute Gasteiger partial charge is 0.476 e. The summed E-state index contributed by atoms with van der Waals surface area (Å²) in [5.41, 5.74) is 2.75. The van der Waals surface area contributed by atoms with E-state index in [2.05, 4.69) is 30.3 Å². The quantitative estimate of drug-likeness (QED) is 0.282. The van der Waals surface area contributed by atoms with Crippen LogP contribution in [0.1, 0.15) is 16.1 Å². The van der Waals surface area contributed by atoms with E-state index in [4.69, 9.17) is 0 Å². The first kappa shape index (κ1) is 33.7. The van der Waals surface area contributed by atoms with Crippen LogP contribution in [0.5, 0.6) is 11.5 Å². The third-order valence-corrected chi connectivity index (χ3v) is 9.77. The van der Waals surface area contributed by atoms with Crippen molar-refractivity contribution in [2.75, 3.05) is 24.5 Å². The lowest BCUT2D eigenvalue weighted by Gasteiger charge is -2.39. The molecule has 1 fully saturated rings. The van der Waals surface area contributed by atoms with Gasteiger partial charge >= 0.3 is 18.7 Å². The Balaban J connectivity index is 1.39. The standard InChI is InChI=1S/C26H22F6N6O7S2/c27-25(28,29)44-15-3-1-14(2-4-15)11-33-22(39)18-13-37(24-35-20-19(46-24)12-34-36-21(20)23(40)41)9-10-38(18)47(42,43)17-7-5-16(6-8-17)45-26(30,31)32/h1-8,18,34H,9-13H2,(H,33,39)(H,40,41)/t18-/m1/s1. The number of carboxylic acids is 1. The number of ether oxygens (including phenoxy) is 2. The van der Waals surface area contributed by atoms with E-state index < -0.39 is 57.1 Å². The number of thiazole rings is 1. The van der Waals surface area contributed by atoms with Crippen molar-refractivity contribution in [1.82, 2.24) is 20.0 Å². The fourth-order valence-corrected chi connectivity index (χ4v) is 7.28. The second-order valence-corrected chi connectivity index (χ2v) is 12.8. The van der Waals surface area contributed by atoms with Gasteiger partial charge in [0.05, 0.1) is 16.3 Å². The molecule has 13 nitrogen and oxygen atoms in total. The molecule has 0 saturated carbocycles. The molecule has 3 heterocycles. The lowest BCUT2D eigenvalue weighted by Crippen LogP contribution is -2.60. The summed E-state index contributed by atoms with van der Waals surface area (Å²) in [5, 5.41) is 16.1. The van der Waals surface area contributed by atoms with Crippen LogP contribution in [0.25, 0.3) is 0 Å². The van der Waals surface area contributed by atoms with Crippen molar-refractivity contribution in [2.45, 2.75) is 36.8 Å². The summed E-state index contributed by atoms with van der Waals surface area (Å²) >= 11 is 1.11. The number of rotatable bonds is 9. The zero-order valence-corrected chi connectivity index (χ0v) is 25.1. The number of nitrogens with zero attached hydrogens (tertiary/aromatic N) is 4. The normalized spacial score (nSPS) is 17.3. The van der Waals surface area contributed by atoms with E-state index in [-0.39, 0.29) is 49.3 Å². The predicted octanol–water partition coefficient (Wildman–Crippen LogP) is 3.03. The zero-order chi connectivity index (χ0) is 34.1. The summed E-state index contributed by atoms with van der Waals surface area (Å²) in [5.74, 6) is -3.28. The van der Waals surface area contributed by atoms with Gasteiger partial charge in [-0.05, 0) is 42.0 Å². The van der Waals surface area contributed by atoms with Gasteiger partial charge in [0.15, 0.2) is 10.8 Å². The summed E-state index contributed by atoms with van der Waals surface area (Å²) in [6.45, 7) is -0.582. The molecular formula is C26H22F6N6O7S2. The predicted molar refractivity (Wildman–Crippen MR) is 151 cm³/mol. The Labute approximate surface area is 265 Å². The van der Waals surface area contributed by atoms with Gasteiger partial charge in [0.2, 0.25) is 15.9 Å². The highest BCUT2D eigenvalue weighted by Gasteiger charge is 2.42. The number of alkyl halides is 6. The maximum atomic E-state index is 13.7. The largest absolute Gasteiger partial charge is 0.573 e. The van der Waals surface area contributed by atoms with Gasteiger partial charge in [-0.1, -0.05) is 23.5 Å². The first-order chi connectivity index (χ1) is 22.0. The molecule has 2 aromatic carbocycles. The van der Waals surface area contributed by atoms with Crippen molar-refractivity contribution in [3.63, 3.8) is 0 Å². The van der Waals surface area contributed by atoms with E-state index in [1.807, 2.05) is 0 Å². The van der Waals surface area contributed by atoms with E-state index >= 15 is 0 Å². The van der Waals surface area contributed by atoms with Crippen molar-refractivity contribution in [1.29, 1.82) is 0 Å². The number of hydrazone groups is 1. The molecule has 0 spiro atoms. The zero-order valence-electron chi connectivity index (χ0n) is 23.5. The van der Waals surface area contributed by atoms with Crippen LogP contribution in [0.4, 0.5) is 31.5 Å². The SMILES string of the molecule is O=C(O)C1=NNCc2sc(N3CCN(S(=O)(=O)c4ccc(OC(F)(F)F)cc4)[C@@H](C(=O)NCc4ccc(OC(F)(F)F)cc4)C3)nc21. The van der Waals surface area contributed by atoms with Crippen LogP contribution in [0.3, 0.4) is 0 Å².